The lowest BCUT2D eigenvalue weighted by Gasteiger charge is -2.23. The highest BCUT2D eigenvalue weighted by Crippen LogP contribution is 2.36. The van der Waals surface area contributed by atoms with Crippen LogP contribution in [0.4, 0.5) is 0 Å². The highest BCUT2D eigenvalue weighted by molar-refractivity contribution is 5.49. The minimum absolute atomic E-state index is 0.153. The van der Waals surface area contributed by atoms with Crippen LogP contribution < -0.4 is 15.2 Å². The zero-order chi connectivity index (χ0) is 14.7. The van der Waals surface area contributed by atoms with Gasteiger partial charge in [0.05, 0.1) is 0 Å². The molecule has 5 nitrogen and oxygen atoms in total. The van der Waals surface area contributed by atoms with E-state index in [2.05, 4.69) is 16.5 Å². The fourth-order valence-corrected chi connectivity index (χ4v) is 2.67. The van der Waals surface area contributed by atoms with E-state index < -0.39 is 0 Å². The maximum Gasteiger partial charge on any atom is 0.166 e. The van der Waals surface area contributed by atoms with E-state index >= 15 is 0 Å². The monoisotopic (exact) mass is 287 g/mol. The maximum atomic E-state index is 6.39. The first-order valence-corrected chi connectivity index (χ1v) is 7.43. The van der Waals surface area contributed by atoms with E-state index in [1.807, 2.05) is 30.6 Å². The fraction of sp³-hybridized carbons (Fsp3) is 0.438. The van der Waals surface area contributed by atoms with Crippen LogP contribution in [0.3, 0.4) is 0 Å². The molecule has 2 N–H and O–H groups in total. The molecule has 1 aromatic heterocycles. The number of imidazole rings is 1. The quantitative estimate of drug-likeness (QED) is 0.916. The Bertz CT molecular complexity index is 609. The Kier molecular flexibility index (Phi) is 4.10. The summed E-state index contributed by atoms with van der Waals surface area (Å²) in [5, 5.41) is 0. The van der Waals surface area contributed by atoms with E-state index in [4.69, 9.17) is 15.2 Å². The van der Waals surface area contributed by atoms with Crippen LogP contribution in [-0.2, 0) is 13.0 Å². The van der Waals surface area contributed by atoms with E-state index in [0.717, 1.165) is 35.9 Å². The molecule has 0 aliphatic carbocycles. The van der Waals surface area contributed by atoms with Gasteiger partial charge in [0.25, 0.3) is 0 Å². The molecule has 0 spiro atoms. The average molecular weight is 287 g/mol. The van der Waals surface area contributed by atoms with Crippen LogP contribution in [0.1, 0.15) is 30.8 Å². The van der Waals surface area contributed by atoms with Gasteiger partial charge in [0.15, 0.2) is 11.5 Å². The normalized spacial score (nSPS) is 15.0. The number of para-hydroxylation sites is 1. The van der Waals surface area contributed by atoms with Crippen LogP contribution in [-0.4, -0.2) is 22.8 Å². The van der Waals surface area contributed by atoms with Gasteiger partial charge in [-0.15, -0.1) is 0 Å². The highest BCUT2D eigenvalue weighted by Gasteiger charge is 2.21. The van der Waals surface area contributed by atoms with Crippen LogP contribution in [0.2, 0.25) is 0 Å². The van der Waals surface area contributed by atoms with Gasteiger partial charge in [-0.3, -0.25) is 0 Å². The predicted octanol–water partition coefficient (Wildman–Crippen LogP) is 2.31. The number of nitrogens with zero attached hydrogens (tertiary/aromatic N) is 2. The molecule has 1 aromatic carbocycles. The van der Waals surface area contributed by atoms with Crippen LogP contribution in [0, 0.1) is 0 Å². The lowest BCUT2D eigenvalue weighted by Crippen LogP contribution is -2.21. The first kappa shape index (κ1) is 13.9. The zero-order valence-corrected chi connectivity index (χ0v) is 12.3. The van der Waals surface area contributed by atoms with E-state index in [0.29, 0.717) is 19.6 Å². The van der Waals surface area contributed by atoms with E-state index in [-0.39, 0.29) is 6.04 Å². The summed E-state index contributed by atoms with van der Waals surface area (Å²) < 4.78 is 13.5. The number of nitrogens with two attached hydrogens (primary N) is 1. The molecular weight excluding hydrogens is 266 g/mol. The van der Waals surface area contributed by atoms with Crippen LogP contribution in [0.25, 0.3) is 0 Å². The van der Waals surface area contributed by atoms with Crippen molar-refractivity contribution >= 4 is 0 Å². The van der Waals surface area contributed by atoms with Gasteiger partial charge < -0.3 is 19.8 Å². The second-order valence-electron chi connectivity index (χ2n) is 5.22. The van der Waals surface area contributed by atoms with Crippen molar-refractivity contribution in [3.05, 3.63) is 42.0 Å². The molecule has 0 bridgehead atoms. The first-order chi connectivity index (χ1) is 10.3. The summed E-state index contributed by atoms with van der Waals surface area (Å²) in [6, 6.07) is 5.73. The molecule has 0 saturated carbocycles. The molecule has 1 atom stereocenters. The van der Waals surface area contributed by atoms with Gasteiger partial charge >= 0.3 is 0 Å². The van der Waals surface area contributed by atoms with Crippen molar-refractivity contribution in [3.63, 3.8) is 0 Å². The molecule has 5 heteroatoms. The molecule has 2 aromatic rings. The van der Waals surface area contributed by atoms with Gasteiger partial charge in [0, 0.05) is 37.0 Å². The van der Waals surface area contributed by atoms with Crippen LogP contribution in [0.15, 0.2) is 30.6 Å². The predicted molar refractivity (Wildman–Crippen MR) is 80.6 cm³/mol. The number of benzene rings is 1. The lowest BCUT2D eigenvalue weighted by atomic mass is 10.0. The molecule has 3 rings (SSSR count). The Labute approximate surface area is 124 Å². The van der Waals surface area contributed by atoms with Gasteiger partial charge in [-0.2, -0.15) is 0 Å². The molecule has 21 heavy (non-hydrogen) atoms. The summed E-state index contributed by atoms with van der Waals surface area (Å²) in [6.07, 6.45) is 5.60. The number of hydrogen-bond donors (Lipinski definition) is 1. The largest absolute Gasteiger partial charge is 0.486 e. The topological polar surface area (TPSA) is 62.3 Å². The lowest BCUT2D eigenvalue weighted by molar-refractivity contribution is 0.169. The molecule has 1 aliphatic rings. The Morgan fingerprint density at radius 3 is 3.05 bits per heavy atom. The number of ether oxygens (including phenoxy) is 2. The molecule has 1 aliphatic heterocycles. The van der Waals surface area contributed by atoms with Crippen molar-refractivity contribution < 1.29 is 9.47 Å². The van der Waals surface area contributed by atoms with Crippen LogP contribution in [0.5, 0.6) is 11.5 Å². The van der Waals surface area contributed by atoms with E-state index in [1.165, 1.54) is 0 Å². The van der Waals surface area contributed by atoms with Crippen molar-refractivity contribution in [2.45, 2.75) is 32.4 Å². The van der Waals surface area contributed by atoms with Crippen LogP contribution >= 0.6 is 0 Å². The Balaban J connectivity index is 1.82. The second kappa shape index (κ2) is 6.18. The molecule has 1 unspecified atom stereocenters. The van der Waals surface area contributed by atoms with Crippen molar-refractivity contribution in [1.82, 2.24) is 9.55 Å². The summed E-state index contributed by atoms with van der Waals surface area (Å²) in [6.45, 7) is 4.28. The molecule has 2 heterocycles. The van der Waals surface area contributed by atoms with E-state index in [9.17, 15) is 0 Å². The molecule has 0 radical (unpaired) electrons. The summed E-state index contributed by atoms with van der Waals surface area (Å²) in [4.78, 5) is 4.42. The summed E-state index contributed by atoms with van der Waals surface area (Å²) in [5.74, 6) is 2.58. The SMILES string of the molecule is CCCn1ccnc1CC(N)c1cccc2c1OCCO2. The fourth-order valence-electron chi connectivity index (χ4n) is 2.67. The van der Waals surface area contributed by atoms with Gasteiger partial charge in [0.1, 0.15) is 19.0 Å². The standard InChI is InChI=1S/C16H21N3O2/c1-2-7-19-8-6-18-15(19)11-13(17)12-4-3-5-14-16(12)21-10-9-20-14/h3-6,8,13H,2,7,9-11,17H2,1H3. The van der Waals surface area contributed by atoms with Gasteiger partial charge in [-0.25, -0.2) is 4.98 Å². The maximum absolute atomic E-state index is 6.39. The van der Waals surface area contributed by atoms with Crippen molar-refractivity contribution in [2.75, 3.05) is 13.2 Å². The number of fused-ring (bicyclic) bond motifs is 1. The smallest absolute Gasteiger partial charge is 0.166 e. The Morgan fingerprint density at radius 1 is 1.33 bits per heavy atom. The molecular formula is C16H21N3O2. The third-order valence-corrected chi connectivity index (χ3v) is 3.66. The number of hydrogen-bond acceptors (Lipinski definition) is 4. The van der Waals surface area contributed by atoms with Gasteiger partial charge in [-0.05, 0) is 12.5 Å². The first-order valence-electron chi connectivity index (χ1n) is 7.43. The molecule has 112 valence electrons. The third kappa shape index (κ3) is 2.88. The van der Waals surface area contributed by atoms with Gasteiger partial charge in [0.2, 0.25) is 0 Å². The number of aromatic nitrogens is 2. The second-order valence-corrected chi connectivity index (χ2v) is 5.22. The molecule has 0 saturated heterocycles. The molecule has 0 amide bonds. The summed E-state index contributed by atoms with van der Waals surface area (Å²) in [7, 11) is 0. The minimum Gasteiger partial charge on any atom is -0.486 e. The number of rotatable bonds is 5. The average Bonchev–Trinajstić information content (AvgIpc) is 2.94. The Hall–Kier alpha value is -2.01. The molecule has 0 fully saturated rings. The minimum atomic E-state index is -0.153. The number of aryl methyl sites for hydroxylation is 1. The van der Waals surface area contributed by atoms with Crippen molar-refractivity contribution in [2.24, 2.45) is 5.73 Å². The summed E-state index contributed by atoms with van der Waals surface area (Å²) >= 11 is 0. The Morgan fingerprint density at radius 2 is 2.19 bits per heavy atom. The highest BCUT2D eigenvalue weighted by atomic mass is 16.6. The van der Waals surface area contributed by atoms with E-state index in [1.54, 1.807) is 0 Å². The third-order valence-electron chi connectivity index (χ3n) is 3.66. The van der Waals surface area contributed by atoms with Gasteiger partial charge in [-0.1, -0.05) is 19.1 Å². The summed E-state index contributed by atoms with van der Waals surface area (Å²) in [5.41, 5.74) is 7.37. The van der Waals surface area contributed by atoms with Crippen molar-refractivity contribution in [1.29, 1.82) is 0 Å². The van der Waals surface area contributed by atoms with Crippen molar-refractivity contribution in [3.8, 4) is 11.5 Å². The zero-order valence-electron chi connectivity index (χ0n) is 12.3.